The number of ether oxygens (including phenoxy) is 2. The lowest BCUT2D eigenvalue weighted by molar-refractivity contribution is -0.126. The zero-order valence-corrected chi connectivity index (χ0v) is 9.81. The number of carbonyl (C=O) groups is 1. The van der Waals surface area contributed by atoms with Crippen LogP contribution in [0.5, 0.6) is 11.5 Å². The Hall–Kier alpha value is -1.97. The van der Waals surface area contributed by atoms with Crippen LogP contribution in [0.2, 0.25) is 0 Å². The first kappa shape index (κ1) is 11.5. The second-order valence-corrected chi connectivity index (χ2v) is 3.74. The van der Waals surface area contributed by atoms with Crippen LogP contribution in [-0.4, -0.2) is 24.1 Å². The summed E-state index contributed by atoms with van der Waals surface area (Å²) < 4.78 is 10.5. The van der Waals surface area contributed by atoms with Gasteiger partial charge in [-0.05, 0) is 30.7 Å². The summed E-state index contributed by atoms with van der Waals surface area (Å²) >= 11 is 0. The Morgan fingerprint density at radius 1 is 1.47 bits per heavy atom. The third kappa shape index (κ3) is 2.41. The molecular formula is C13H15NO3. The van der Waals surface area contributed by atoms with Crippen LogP contribution in [0.25, 0.3) is 0 Å². The minimum absolute atomic E-state index is 0.0647. The molecule has 1 heterocycles. The van der Waals surface area contributed by atoms with Crippen LogP contribution < -0.4 is 9.47 Å². The van der Waals surface area contributed by atoms with Crippen molar-refractivity contribution in [3.63, 3.8) is 0 Å². The highest BCUT2D eigenvalue weighted by Gasteiger charge is 2.15. The van der Waals surface area contributed by atoms with Crippen molar-refractivity contribution in [1.29, 1.82) is 0 Å². The van der Waals surface area contributed by atoms with E-state index in [-0.39, 0.29) is 12.7 Å². The average molecular weight is 233 g/mol. The maximum absolute atomic E-state index is 11.5. The first-order valence-electron chi connectivity index (χ1n) is 5.54. The minimum atomic E-state index is -0.0647. The van der Waals surface area contributed by atoms with Gasteiger partial charge in [0.05, 0.1) is 0 Å². The van der Waals surface area contributed by atoms with E-state index in [1.807, 2.05) is 25.1 Å². The largest absolute Gasteiger partial charge is 0.454 e. The fourth-order valence-corrected chi connectivity index (χ4v) is 1.73. The van der Waals surface area contributed by atoms with E-state index in [0.717, 1.165) is 17.1 Å². The molecule has 0 unspecified atom stereocenters. The lowest BCUT2D eigenvalue weighted by Gasteiger charge is -2.19. The first-order valence-corrected chi connectivity index (χ1v) is 5.54. The van der Waals surface area contributed by atoms with Gasteiger partial charge in [-0.3, -0.25) is 4.79 Å². The number of likely N-dealkylation sites (N-methyl/N-ethyl adjacent to an activating group) is 1. The number of carbonyl (C=O) groups excluding carboxylic acids is 1. The molecule has 1 aliphatic heterocycles. The van der Waals surface area contributed by atoms with E-state index in [9.17, 15) is 4.79 Å². The van der Waals surface area contributed by atoms with E-state index in [4.69, 9.17) is 9.47 Å². The first-order chi connectivity index (χ1) is 8.24. The molecule has 0 saturated carbocycles. The molecule has 90 valence electrons. The number of benzene rings is 1. The highest BCUT2D eigenvalue weighted by atomic mass is 16.7. The van der Waals surface area contributed by atoms with Gasteiger partial charge in [-0.25, -0.2) is 0 Å². The van der Waals surface area contributed by atoms with Gasteiger partial charge in [0.2, 0.25) is 12.7 Å². The van der Waals surface area contributed by atoms with Crippen molar-refractivity contribution in [1.82, 2.24) is 4.90 Å². The third-order valence-corrected chi connectivity index (χ3v) is 2.68. The van der Waals surface area contributed by atoms with Gasteiger partial charge in [0.15, 0.2) is 11.5 Å². The molecular weight excluding hydrogens is 218 g/mol. The van der Waals surface area contributed by atoms with Crippen LogP contribution in [-0.2, 0) is 11.3 Å². The molecule has 2 rings (SSSR count). The smallest absolute Gasteiger partial charge is 0.246 e. The number of nitrogens with zero attached hydrogens (tertiary/aromatic N) is 1. The molecule has 0 bridgehead atoms. The lowest BCUT2D eigenvalue weighted by Crippen LogP contribution is -2.28. The lowest BCUT2D eigenvalue weighted by atomic mass is 10.2. The summed E-state index contributed by atoms with van der Waals surface area (Å²) in [5.41, 5.74) is 1.02. The topological polar surface area (TPSA) is 38.8 Å². The van der Waals surface area contributed by atoms with Crippen LogP contribution in [0.1, 0.15) is 12.5 Å². The van der Waals surface area contributed by atoms with Crippen molar-refractivity contribution in [2.75, 3.05) is 13.3 Å². The molecule has 0 spiro atoms. The van der Waals surface area contributed by atoms with Gasteiger partial charge in [0, 0.05) is 13.1 Å². The molecule has 1 aromatic rings. The second-order valence-electron chi connectivity index (χ2n) is 3.74. The summed E-state index contributed by atoms with van der Waals surface area (Å²) in [4.78, 5) is 13.2. The van der Waals surface area contributed by atoms with Crippen LogP contribution in [0.15, 0.2) is 30.9 Å². The zero-order valence-electron chi connectivity index (χ0n) is 9.81. The molecule has 0 aromatic heterocycles. The predicted octanol–water partition coefficient (Wildman–Crippen LogP) is 1.95. The molecule has 0 N–H and O–H groups in total. The van der Waals surface area contributed by atoms with Gasteiger partial charge >= 0.3 is 0 Å². The molecule has 0 atom stereocenters. The molecule has 0 fully saturated rings. The van der Waals surface area contributed by atoms with Gasteiger partial charge in [0.25, 0.3) is 0 Å². The Kier molecular flexibility index (Phi) is 3.32. The molecule has 1 aromatic carbocycles. The van der Waals surface area contributed by atoms with Crippen LogP contribution in [0.4, 0.5) is 0 Å². The number of hydrogen-bond acceptors (Lipinski definition) is 3. The normalized spacial score (nSPS) is 12.3. The molecule has 17 heavy (non-hydrogen) atoms. The summed E-state index contributed by atoms with van der Waals surface area (Å²) in [5, 5.41) is 0. The number of rotatable bonds is 4. The van der Waals surface area contributed by atoms with Crippen LogP contribution in [0.3, 0.4) is 0 Å². The van der Waals surface area contributed by atoms with Gasteiger partial charge in [0.1, 0.15) is 0 Å². The average Bonchev–Trinajstić information content (AvgIpc) is 2.82. The highest BCUT2D eigenvalue weighted by molar-refractivity contribution is 5.86. The molecule has 4 nitrogen and oxygen atoms in total. The van der Waals surface area contributed by atoms with Gasteiger partial charge in [-0.15, -0.1) is 0 Å². The van der Waals surface area contributed by atoms with E-state index in [0.29, 0.717) is 13.1 Å². The maximum atomic E-state index is 11.5. The van der Waals surface area contributed by atoms with E-state index in [1.165, 1.54) is 6.08 Å². The van der Waals surface area contributed by atoms with Crippen molar-refractivity contribution in [2.45, 2.75) is 13.5 Å². The molecule has 0 radical (unpaired) electrons. The van der Waals surface area contributed by atoms with Gasteiger partial charge in [-0.1, -0.05) is 12.6 Å². The fraction of sp³-hybridized carbons (Fsp3) is 0.308. The van der Waals surface area contributed by atoms with Gasteiger partial charge in [-0.2, -0.15) is 0 Å². The molecule has 1 amide bonds. The summed E-state index contributed by atoms with van der Waals surface area (Å²) in [7, 11) is 0. The zero-order chi connectivity index (χ0) is 12.3. The highest BCUT2D eigenvalue weighted by Crippen LogP contribution is 2.32. The van der Waals surface area contributed by atoms with Gasteiger partial charge < -0.3 is 14.4 Å². The molecule has 1 aliphatic rings. The van der Waals surface area contributed by atoms with E-state index < -0.39 is 0 Å². The number of fused-ring (bicyclic) bond motifs is 1. The Morgan fingerprint density at radius 3 is 2.94 bits per heavy atom. The van der Waals surface area contributed by atoms with Crippen molar-refractivity contribution in [3.05, 3.63) is 36.4 Å². The van der Waals surface area contributed by atoms with E-state index in [1.54, 1.807) is 4.90 Å². The molecule has 0 aliphatic carbocycles. The van der Waals surface area contributed by atoms with Crippen LogP contribution in [0, 0.1) is 0 Å². The Bertz CT molecular complexity index is 442. The standard InChI is InChI=1S/C13H15NO3/c1-3-13(15)14(4-2)8-10-5-6-11-12(7-10)17-9-16-11/h3,5-7H,1,4,8-9H2,2H3. The van der Waals surface area contributed by atoms with Crippen molar-refractivity contribution in [3.8, 4) is 11.5 Å². The SMILES string of the molecule is C=CC(=O)N(CC)Cc1ccc2c(c1)OCO2. The fourth-order valence-electron chi connectivity index (χ4n) is 1.73. The third-order valence-electron chi connectivity index (χ3n) is 2.68. The Balaban J connectivity index is 2.12. The number of hydrogen-bond donors (Lipinski definition) is 0. The summed E-state index contributed by atoms with van der Waals surface area (Å²) in [5.74, 6) is 1.43. The predicted molar refractivity (Wildman–Crippen MR) is 63.9 cm³/mol. The second kappa shape index (κ2) is 4.91. The van der Waals surface area contributed by atoms with Crippen molar-refractivity contribution in [2.24, 2.45) is 0 Å². The summed E-state index contributed by atoms with van der Waals surface area (Å²) in [6.45, 7) is 6.90. The van der Waals surface area contributed by atoms with Crippen molar-refractivity contribution < 1.29 is 14.3 Å². The summed E-state index contributed by atoms with van der Waals surface area (Å²) in [6, 6.07) is 5.71. The quantitative estimate of drug-likeness (QED) is 0.746. The Labute approximate surface area is 100 Å². The maximum Gasteiger partial charge on any atom is 0.246 e. The van der Waals surface area contributed by atoms with Crippen LogP contribution >= 0.6 is 0 Å². The van der Waals surface area contributed by atoms with E-state index in [2.05, 4.69) is 6.58 Å². The van der Waals surface area contributed by atoms with Crippen molar-refractivity contribution >= 4 is 5.91 Å². The summed E-state index contributed by atoms with van der Waals surface area (Å²) in [6.07, 6.45) is 1.33. The van der Waals surface area contributed by atoms with E-state index >= 15 is 0 Å². The Morgan fingerprint density at radius 2 is 2.24 bits per heavy atom. The number of amides is 1. The molecule has 0 saturated heterocycles. The monoisotopic (exact) mass is 233 g/mol. The molecule has 4 heteroatoms. The minimum Gasteiger partial charge on any atom is -0.454 e.